The lowest BCUT2D eigenvalue weighted by molar-refractivity contribution is 0.590. The van der Waals surface area contributed by atoms with Crippen LogP contribution >= 0.6 is 92.8 Å². The van der Waals surface area contributed by atoms with Gasteiger partial charge in [-0.15, -0.1) is 0 Å². The van der Waals surface area contributed by atoms with Crippen molar-refractivity contribution >= 4 is 256 Å². The van der Waals surface area contributed by atoms with Crippen molar-refractivity contribution in [1.29, 1.82) is 0 Å². The fourth-order valence-corrected chi connectivity index (χ4v) is 20.4. The summed E-state index contributed by atoms with van der Waals surface area (Å²) in [6, 6.07) is 77.9. The number of sulfonamides is 2. The number of rotatable bonds is 20. The van der Waals surface area contributed by atoms with Crippen molar-refractivity contribution in [2.75, 3.05) is 54.8 Å². The average molecular weight is 2070 g/mol. The average Bonchev–Trinajstić information content (AvgIpc) is 0.864. The fourth-order valence-electron chi connectivity index (χ4n) is 15.1. The first-order valence-electron chi connectivity index (χ1n) is 42.2. The van der Waals surface area contributed by atoms with Crippen LogP contribution in [0.5, 0.6) is 0 Å². The van der Waals surface area contributed by atoms with Crippen molar-refractivity contribution in [2.45, 2.75) is 5.75 Å². The van der Waals surface area contributed by atoms with E-state index in [-0.39, 0.29) is 25.5 Å². The number of H-pyrrole nitrogens is 2. The Kier molecular flexibility index (Phi) is 29.5. The van der Waals surface area contributed by atoms with Gasteiger partial charge in [0.05, 0.1) is 92.9 Å². The largest absolute Gasteiger partial charge is 0.396 e. The number of anilines is 12. The van der Waals surface area contributed by atoms with Crippen LogP contribution in [0.15, 0.2) is 336 Å². The standard InChI is InChI=1S/C22H18Cl2N4O4S2.C22H17Cl2N3O2S.C21H14ClN5.C20H14Cl2N4.C17H12ClN5/c1-33(29,30)28(34(2,31)32)21-11-15(13-26-22(21)24)14-6-7-19-18(10-14)20(8-9-25-19)27-17-5-3-4-16(23)12-17;1-30(28,29)13-16-9-15(12-26-22(16)24)14-5-6-20-19(10-14)21(7-8-25-20)27-18-4-2-3-17(23)11-18;22-16-2-1-3-17(10-16)26-20-6-7-23-19-5-4-13(9-18(19)20)14-8-15-12-25-27-21(15)24-11-14;21-14-2-1-3-15(10-14)26-19-6-7-24-18-5-4-12(8-16(18)19)13-9-17(23)20(22)25-11-13;18-12-6-13(8-19-7-12)23-16-3-4-21-15-2-1-11(5-14(15)16)17-9-20-10-22-17/h3-13H,1-2H3,(H,25,27);2-12H,13H2,1H3,(H,25,27);1-12H,(H,23,26)(H,24,25,27);1-11H,23H2,(H,24,26);1-10H,(H,20,22)(H,21,23). The SMILES string of the molecule is CS(=O)(=O)Cc1cc(-c2ccc3nccc(Nc4cccc(Cl)c4)c3c2)cnc1Cl.CS(=O)(=O)N(c1cc(-c2ccc3nccc(Nc4cccc(Cl)c4)c3c2)cnc1Cl)S(C)(=O)=O.Clc1cccc(Nc2ccnc3ccc(-c4cnc5[nH]ncc5c4)cc23)c1.Clc1cncc(Nc2ccnc3ccc(-c4cnc[nH]4)cc23)c1.Nc1cc(-c2ccc3nccc(Nc4cccc(Cl)c4)c3c2)cnc1Cl. The van der Waals surface area contributed by atoms with Gasteiger partial charge in [0, 0.05) is 205 Å². The second kappa shape index (κ2) is 42.7. The van der Waals surface area contributed by atoms with E-state index in [1.54, 1.807) is 105 Å². The number of nitrogens with zero attached hydrogens (tertiary/aromatic N) is 13. The molecule has 140 heavy (non-hydrogen) atoms. The topological polar surface area (TPSA) is 378 Å². The molecule has 698 valence electrons. The predicted octanol–water partition coefficient (Wildman–Crippen LogP) is 26.9. The Bertz CT molecular complexity index is 8620. The van der Waals surface area contributed by atoms with Crippen molar-refractivity contribution < 1.29 is 25.3 Å². The molecule has 0 aliphatic carbocycles. The van der Waals surface area contributed by atoms with Crippen LogP contribution in [0, 0.1) is 0 Å². The predicted molar refractivity (Wildman–Crippen MR) is 570 cm³/mol. The van der Waals surface area contributed by atoms with Crippen molar-refractivity contribution in [2.24, 2.45) is 0 Å². The summed E-state index contributed by atoms with van der Waals surface area (Å²) >= 11 is 48.5. The van der Waals surface area contributed by atoms with Crippen LogP contribution in [0.2, 0.25) is 40.6 Å². The Hall–Kier alpha value is -14.8. The summed E-state index contributed by atoms with van der Waals surface area (Å²) in [5.41, 5.74) is 29.2. The zero-order valence-electron chi connectivity index (χ0n) is 73.6. The molecule has 27 nitrogen and oxygen atoms in total. The minimum atomic E-state index is -4.19. The number of nitrogen functional groups attached to an aromatic ring is 1. The van der Waals surface area contributed by atoms with Gasteiger partial charge in [-0.1, -0.05) is 147 Å². The Morgan fingerprint density at radius 2 is 0.686 bits per heavy atom. The lowest BCUT2D eigenvalue weighted by atomic mass is 10.0. The van der Waals surface area contributed by atoms with Gasteiger partial charge in [0.1, 0.15) is 10.8 Å². The van der Waals surface area contributed by atoms with Gasteiger partial charge >= 0.3 is 0 Å². The van der Waals surface area contributed by atoms with Crippen LogP contribution in [0.25, 0.3) is 121 Å². The number of aromatic amines is 2. The minimum absolute atomic E-state index is 0.163. The molecule has 0 unspecified atom stereocenters. The van der Waals surface area contributed by atoms with Crippen LogP contribution in [0.1, 0.15) is 5.56 Å². The third-order valence-electron chi connectivity index (χ3n) is 21.4. The van der Waals surface area contributed by atoms with Crippen LogP contribution < -0.4 is 36.0 Å². The van der Waals surface area contributed by atoms with Crippen LogP contribution in [-0.2, 0) is 35.6 Å². The van der Waals surface area contributed by atoms with Crippen molar-refractivity contribution in [3.8, 4) is 55.8 Å². The van der Waals surface area contributed by atoms with Gasteiger partial charge in [-0.3, -0.25) is 35.0 Å². The molecule has 0 saturated heterocycles. The normalized spacial score (nSPS) is 11.3. The van der Waals surface area contributed by atoms with Gasteiger partial charge in [0.25, 0.3) is 0 Å². The van der Waals surface area contributed by atoms with Gasteiger partial charge in [-0.05, 0) is 216 Å². The second-order valence-electron chi connectivity index (χ2n) is 31.6. The molecule has 21 rings (SSSR count). The van der Waals surface area contributed by atoms with E-state index >= 15 is 0 Å². The maximum Gasteiger partial charge on any atom is 0.245 e. The number of halogens is 8. The van der Waals surface area contributed by atoms with Crippen LogP contribution in [0.3, 0.4) is 0 Å². The van der Waals surface area contributed by atoms with Crippen LogP contribution in [0.4, 0.5) is 68.2 Å². The number of sulfone groups is 1. The first kappa shape index (κ1) is 96.9. The summed E-state index contributed by atoms with van der Waals surface area (Å²) in [5.74, 6) is -0.163. The number of hydrogen-bond acceptors (Lipinski definition) is 24. The Morgan fingerprint density at radius 3 is 1.07 bits per heavy atom. The number of aromatic nitrogens is 14. The summed E-state index contributed by atoms with van der Waals surface area (Å²) in [7, 11) is -11.6. The first-order valence-corrected chi connectivity index (χ1v) is 51.0. The molecule has 38 heteroatoms. The molecule has 0 atom stereocenters. The second-order valence-corrected chi connectivity index (χ2v) is 40.9. The third-order valence-corrected chi connectivity index (χ3v) is 27.5. The molecule has 0 bridgehead atoms. The first-order chi connectivity index (χ1) is 67.4. The minimum Gasteiger partial charge on any atom is -0.396 e. The molecule has 21 aromatic rings. The highest BCUT2D eigenvalue weighted by Gasteiger charge is 2.31. The highest BCUT2D eigenvalue weighted by atomic mass is 35.5. The third kappa shape index (κ3) is 24.1. The van der Waals surface area contributed by atoms with E-state index in [9.17, 15) is 25.3 Å². The molecule has 9 aromatic carbocycles. The van der Waals surface area contributed by atoms with Crippen LogP contribution in [-0.4, -0.2) is 114 Å². The zero-order valence-corrected chi connectivity index (χ0v) is 82.0. The molecule has 0 amide bonds. The van der Waals surface area contributed by atoms with Gasteiger partial charge in [0.2, 0.25) is 20.0 Å². The molecule has 12 aromatic heterocycles. The van der Waals surface area contributed by atoms with E-state index < -0.39 is 29.9 Å². The number of benzene rings is 9. The highest BCUT2D eigenvalue weighted by Crippen LogP contribution is 2.41. The molecule has 0 aliphatic rings. The highest BCUT2D eigenvalue weighted by molar-refractivity contribution is 8.09. The summed E-state index contributed by atoms with van der Waals surface area (Å²) in [4.78, 5) is 50.2. The monoisotopic (exact) mass is 2070 g/mol. The molecular formula is C102H75Cl8N21O6S3. The molecule has 0 fully saturated rings. The summed E-state index contributed by atoms with van der Waals surface area (Å²) in [6.45, 7) is 0. The summed E-state index contributed by atoms with van der Waals surface area (Å²) in [6.07, 6.45) is 26.7. The maximum atomic E-state index is 12.2. The molecule has 9 N–H and O–H groups in total. The van der Waals surface area contributed by atoms with Crippen molar-refractivity contribution in [3.05, 3.63) is 382 Å². The van der Waals surface area contributed by atoms with E-state index in [2.05, 4.69) is 127 Å². The van der Waals surface area contributed by atoms with E-state index in [1.807, 2.05) is 188 Å². The van der Waals surface area contributed by atoms with E-state index in [1.165, 1.54) is 18.5 Å². The molecular weight excluding hydrogens is 2000 g/mol. The molecule has 12 heterocycles. The van der Waals surface area contributed by atoms with Gasteiger partial charge in [0.15, 0.2) is 25.8 Å². The van der Waals surface area contributed by atoms with Crippen molar-refractivity contribution in [3.63, 3.8) is 0 Å². The lowest BCUT2D eigenvalue weighted by Gasteiger charge is -2.21. The smallest absolute Gasteiger partial charge is 0.245 e. The Balaban J connectivity index is 0.000000121. The van der Waals surface area contributed by atoms with E-state index in [4.69, 9.17) is 98.5 Å². The molecule has 0 spiro atoms. The Morgan fingerprint density at radius 1 is 0.321 bits per heavy atom. The van der Waals surface area contributed by atoms with E-state index in [0.29, 0.717) is 58.2 Å². The number of nitrogens with two attached hydrogens (primary N) is 1. The maximum absolute atomic E-state index is 12.2. The fraction of sp³-hybridized carbons (Fsp3) is 0.0392. The quantitative estimate of drug-likeness (QED) is 0.0329. The lowest BCUT2D eigenvalue weighted by Crippen LogP contribution is -2.35. The van der Waals surface area contributed by atoms with Gasteiger partial charge in [-0.25, -0.2) is 50.2 Å². The number of pyridine rings is 10. The van der Waals surface area contributed by atoms with Gasteiger partial charge in [-0.2, -0.15) is 8.81 Å². The van der Waals surface area contributed by atoms with Gasteiger partial charge < -0.3 is 37.3 Å². The molecule has 0 saturated carbocycles. The number of fused-ring (bicyclic) bond motifs is 6. The summed E-state index contributed by atoms with van der Waals surface area (Å²) in [5, 5.41) is 32.9. The molecule has 0 aliphatic heterocycles. The number of hydrogen-bond donors (Lipinski definition) is 8. The summed E-state index contributed by atoms with van der Waals surface area (Å²) < 4.78 is 72.6. The van der Waals surface area contributed by atoms with Crippen molar-refractivity contribution in [1.82, 2.24) is 70.0 Å². The number of nitrogens with one attached hydrogen (secondary N) is 7. The van der Waals surface area contributed by atoms with E-state index in [0.717, 1.165) is 174 Å². The zero-order chi connectivity index (χ0) is 97.9. The number of imidazole rings is 1. The molecule has 0 radical (unpaired) electrons. The Labute approximate surface area is 842 Å².